The summed E-state index contributed by atoms with van der Waals surface area (Å²) < 4.78 is 129. The Kier molecular flexibility index (Phi) is 24.3. The summed E-state index contributed by atoms with van der Waals surface area (Å²) in [6.07, 6.45) is -5.57. The predicted molar refractivity (Wildman–Crippen MR) is 445 cm³/mol. The molecule has 30 nitrogen and oxygen atoms in total. The minimum atomic E-state index is -4.49. The highest BCUT2D eigenvalue weighted by Gasteiger charge is 2.48. The van der Waals surface area contributed by atoms with E-state index >= 15 is 0 Å². The average molecular weight is 1740 g/mol. The van der Waals surface area contributed by atoms with Gasteiger partial charge in [0.15, 0.2) is 57.9 Å². The topological polar surface area (TPSA) is 342 Å². The normalized spacial score (nSPS) is 18.8. The highest BCUT2D eigenvalue weighted by molar-refractivity contribution is 6.10. The van der Waals surface area contributed by atoms with E-state index in [1.165, 1.54) is 39.0 Å². The van der Waals surface area contributed by atoms with Crippen molar-refractivity contribution in [3.63, 3.8) is 0 Å². The smallest absolute Gasteiger partial charge is 0.366 e. The summed E-state index contributed by atoms with van der Waals surface area (Å²) in [5, 5.41) is 19.0. The number of fused-ring (bicyclic) bond motifs is 17. The van der Waals surface area contributed by atoms with E-state index in [0.717, 1.165) is 113 Å². The number of rotatable bonds is 16. The van der Waals surface area contributed by atoms with E-state index in [0.29, 0.717) is 102 Å². The second-order valence-corrected chi connectivity index (χ2v) is 32.9. The summed E-state index contributed by atoms with van der Waals surface area (Å²) in [5.41, 5.74) is 6.86. The van der Waals surface area contributed by atoms with Gasteiger partial charge >= 0.3 is 42.7 Å². The van der Waals surface area contributed by atoms with E-state index in [9.17, 15) is 82.3 Å². The minimum Gasteiger partial charge on any atom is -0.366 e. The summed E-state index contributed by atoms with van der Waals surface area (Å²) in [7, 11) is 0. The maximum absolute atomic E-state index is 13.4. The first-order valence-corrected chi connectivity index (χ1v) is 40.9. The number of urea groups is 4. The van der Waals surface area contributed by atoms with Gasteiger partial charge in [0.1, 0.15) is 46.0 Å². The van der Waals surface area contributed by atoms with E-state index in [1.54, 1.807) is 60.6 Å². The van der Waals surface area contributed by atoms with Crippen molar-refractivity contribution in [1.82, 2.24) is 50.1 Å². The molecule has 1 aliphatic carbocycles. The number of hydrogen-bond acceptors (Lipinski definition) is 21. The van der Waals surface area contributed by atoms with E-state index in [1.807, 2.05) is 56.0 Å². The lowest BCUT2D eigenvalue weighted by Crippen LogP contribution is -2.48. The molecule has 8 bridgehead atoms. The molecule has 0 aromatic carbocycles. The molecule has 5 N–H and O–H groups in total. The number of amides is 8. The average Bonchev–Trinajstić information content (AvgIpc) is 1.66. The van der Waals surface area contributed by atoms with Crippen molar-refractivity contribution in [1.29, 1.82) is 0 Å². The summed E-state index contributed by atoms with van der Waals surface area (Å²) in [4.78, 5) is 152. The van der Waals surface area contributed by atoms with E-state index in [-0.39, 0.29) is 76.3 Å². The van der Waals surface area contributed by atoms with Crippen molar-refractivity contribution >= 4 is 128 Å². The Morgan fingerprint density at radius 3 is 1.21 bits per heavy atom. The number of aromatic nitrogens is 10. The molecule has 8 aliphatic heterocycles. The molecule has 0 spiro atoms. The molecule has 1 saturated carbocycles. The zero-order chi connectivity index (χ0) is 89.0. The Hall–Kier alpha value is -13.1. The number of H-pyrrole nitrogens is 1. The second-order valence-electron chi connectivity index (χ2n) is 32.9. The van der Waals surface area contributed by atoms with E-state index < -0.39 is 96.8 Å². The zero-order valence-electron chi connectivity index (χ0n) is 68.9. The highest BCUT2D eigenvalue weighted by atomic mass is 19.4. The number of carbonyl (C=O) groups is 8. The first-order chi connectivity index (χ1) is 59.4. The Balaban J connectivity index is 0.000000129. The number of nitrogens with one attached hydrogen (secondary N) is 5. The number of aryl methyl sites for hydroxylation is 4. The SMILES string of the molecule is Cc1cc(F)cnc1NC(=O)N1c2nc(C(=O)C[C@H](C)C(F)(F)F)ccc2N2CC[C@H]1C2.Cc1ccc(NC(=O)N2c3nc(C(=O)C[C@H](C)C(F)(F)F)ccc3N3CC[C@H]2C3)nc1.Cc1ccc2c(NC(=O)N3c4nc(C(=O)CC5CC5)ccc4N4CC[C@H]3C4)n[nH]c2n1.Cc1ccnc(NC(=O)N2c3nc(C(=O)C[C@H](C)C(F)(F)F)ccc3N3CC[C@H]2C3)c1. The monoisotopic (exact) mass is 1730 g/mol. The van der Waals surface area contributed by atoms with Gasteiger partial charge < -0.3 is 19.6 Å². The van der Waals surface area contributed by atoms with Crippen LogP contribution in [0.2, 0.25) is 0 Å². The molecule has 9 aromatic rings. The Bertz CT molecular complexity index is 5700. The molecular formula is C85H88F10N22O8. The van der Waals surface area contributed by atoms with Gasteiger partial charge in [-0.1, -0.05) is 26.8 Å². The molecule has 9 aromatic heterocycles. The predicted octanol–water partition coefficient (Wildman–Crippen LogP) is 16.0. The van der Waals surface area contributed by atoms with Crippen LogP contribution in [0.1, 0.15) is 149 Å². The van der Waals surface area contributed by atoms with Gasteiger partial charge in [-0.3, -0.25) is 65.1 Å². The number of halogens is 10. The number of carbonyl (C=O) groups excluding carboxylic acids is 8. The fourth-order valence-corrected chi connectivity index (χ4v) is 16.3. The molecule has 0 unspecified atom stereocenters. The fraction of sp³-hybridized carbons (Fsp3) is 0.424. The number of Topliss-reactive ketones (excluding diaryl/α,β-unsaturated/α-hetero) is 4. The summed E-state index contributed by atoms with van der Waals surface area (Å²) in [6.45, 7) is 15.7. The van der Waals surface area contributed by atoms with Gasteiger partial charge in [-0.15, -0.1) is 0 Å². The van der Waals surface area contributed by atoms with Crippen LogP contribution in [0.15, 0.2) is 110 Å². The first-order valence-electron chi connectivity index (χ1n) is 40.9. The summed E-state index contributed by atoms with van der Waals surface area (Å²) >= 11 is 0. The molecule has 40 heteroatoms. The standard InChI is InChI=1S/C22H23N7O2.C21H21F4N5O2.2C21H22F3N5O2/c1-12-2-5-15-19(23-12)26-27-20(15)25-22(31)29-14-8-9-28(11-14)17-7-6-16(24-21(17)29)18(30)10-13-3-4-13;1-11-7-13(22)9-26-18(11)28-20(32)30-14-5-6-29(10-14)16-4-3-15(27-19(16)30)17(31)8-12(2)21(23,24)25;1-12-3-6-18(25-10-12)27-20(31)29-14-7-8-28(11-14)16-5-4-15(26-19(16)29)17(30)9-13(2)21(22,23)24;1-12-5-7-25-18(9-12)27-20(31)29-14-6-8-28(11-14)16-4-3-15(26-19(16)29)17(30)10-13(2)21(22,23)24/h2,5-7,13-14H,3-4,8-11H2,1H3,(H2,23,25,26,27,31);3-4,7,9,12,14H,5-6,8,10H2,1-2H3,(H,26,28,32);3-6,10,13-14H,7-9,11H2,1-2H3,(H,25,27,31);3-5,7,9,13-14H,6,8,10-11H2,1-2H3,(H,25,27,31)/t14-;12-,14-;2*13-,14-/m0000/s1. The van der Waals surface area contributed by atoms with Gasteiger partial charge in [-0.05, 0) is 174 Å². The molecule has 4 saturated heterocycles. The first kappa shape index (κ1) is 86.9. The molecule has 656 valence electrons. The van der Waals surface area contributed by atoms with Crippen LogP contribution in [0, 0.1) is 57.2 Å². The largest absolute Gasteiger partial charge is 0.391 e. The van der Waals surface area contributed by atoms with Crippen LogP contribution in [0.3, 0.4) is 0 Å². The lowest BCUT2D eigenvalue weighted by Gasteiger charge is -2.35. The van der Waals surface area contributed by atoms with Crippen LogP contribution in [-0.4, -0.2) is 192 Å². The van der Waals surface area contributed by atoms with Gasteiger partial charge in [0.2, 0.25) is 0 Å². The zero-order valence-corrected chi connectivity index (χ0v) is 68.9. The number of nitrogens with zero attached hydrogens (tertiary/aromatic N) is 17. The van der Waals surface area contributed by atoms with Crippen LogP contribution in [0.25, 0.3) is 11.0 Å². The van der Waals surface area contributed by atoms with Gasteiger partial charge in [-0.25, -0.2) is 63.4 Å². The molecule has 17 heterocycles. The number of hydrogen-bond donors (Lipinski definition) is 5. The molecule has 7 atom stereocenters. The van der Waals surface area contributed by atoms with Gasteiger partial charge in [0.05, 0.1) is 76.3 Å². The maximum Gasteiger partial charge on any atom is 0.391 e. The quantitative estimate of drug-likeness (QED) is 0.0443. The van der Waals surface area contributed by atoms with Gasteiger partial charge in [-0.2, -0.15) is 44.6 Å². The maximum atomic E-state index is 13.4. The molecule has 9 aliphatic rings. The number of pyridine rings is 8. The molecule has 5 fully saturated rings. The van der Waals surface area contributed by atoms with Gasteiger partial charge in [0.25, 0.3) is 0 Å². The van der Waals surface area contributed by atoms with E-state index in [4.69, 9.17) is 0 Å². The van der Waals surface area contributed by atoms with Crippen molar-refractivity contribution in [2.24, 2.45) is 23.7 Å². The molecule has 8 amide bonds. The molecule has 18 rings (SSSR count). The number of anilines is 12. The van der Waals surface area contributed by atoms with Crippen LogP contribution in [0.5, 0.6) is 0 Å². The Morgan fingerprint density at radius 1 is 0.424 bits per heavy atom. The molecule has 0 radical (unpaired) electrons. The lowest BCUT2D eigenvalue weighted by molar-refractivity contribution is -0.169. The van der Waals surface area contributed by atoms with Crippen molar-refractivity contribution < 1.29 is 82.3 Å². The number of alkyl halides is 9. The molecule has 125 heavy (non-hydrogen) atoms. The van der Waals surface area contributed by atoms with Crippen molar-refractivity contribution in [3.05, 3.63) is 161 Å². The van der Waals surface area contributed by atoms with Crippen molar-refractivity contribution in [3.8, 4) is 0 Å². The Morgan fingerprint density at radius 2 is 0.824 bits per heavy atom. The third-order valence-corrected chi connectivity index (χ3v) is 23.5. The molecular weight excluding hydrogens is 1650 g/mol. The Labute approximate surface area is 709 Å². The third kappa shape index (κ3) is 19.0. The number of aromatic amines is 1. The van der Waals surface area contributed by atoms with Crippen LogP contribution < -0.4 is 60.5 Å². The summed E-state index contributed by atoms with van der Waals surface area (Å²) in [5.74, 6) is -4.78. The van der Waals surface area contributed by atoms with Crippen LogP contribution >= 0.6 is 0 Å². The van der Waals surface area contributed by atoms with Crippen molar-refractivity contribution in [2.45, 2.75) is 155 Å². The van der Waals surface area contributed by atoms with Crippen LogP contribution in [-0.2, 0) is 0 Å². The van der Waals surface area contributed by atoms with Crippen molar-refractivity contribution in [2.75, 3.05) is 113 Å². The highest BCUT2D eigenvalue weighted by Crippen LogP contribution is 2.46. The van der Waals surface area contributed by atoms with Crippen LogP contribution in [0.4, 0.5) is 132 Å². The fourth-order valence-electron chi connectivity index (χ4n) is 16.3. The second kappa shape index (κ2) is 34.9. The summed E-state index contributed by atoms with van der Waals surface area (Å²) in [6, 6.07) is 22.7. The third-order valence-electron chi connectivity index (χ3n) is 23.5. The minimum absolute atomic E-state index is 0.0133. The lowest BCUT2D eigenvalue weighted by atomic mass is 10.0. The van der Waals surface area contributed by atoms with E-state index in [2.05, 4.69) is 86.0 Å². The van der Waals surface area contributed by atoms with Gasteiger partial charge in [0, 0.05) is 96.1 Å². The number of ketones is 4.